The van der Waals surface area contributed by atoms with Crippen molar-refractivity contribution in [2.24, 2.45) is 0 Å². The van der Waals surface area contributed by atoms with Crippen LogP contribution in [-0.4, -0.2) is 57.4 Å². The van der Waals surface area contributed by atoms with Crippen molar-refractivity contribution in [1.82, 2.24) is 5.16 Å². The van der Waals surface area contributed by atoms with Gasteiger partial charge in [0.2, 0.25) is 0 Å². The second-order valence-electron chi connectivity index (χ2n) is 8.80. The number of hydrogen-bond donors (Lipinski definition) is 1. The number of rotatable bonds is 6. The SMILES string of the molecule is COCCNc1cc(N2CCN(c3ccc(F)cc3)CC2)c2noc3c2c1C(=O)c1ccccc1-3. The van der Waals surface area contributed by atoms with Gasteiger partial charge in [0.15, 0.2) is 11.5 Å². The van der Waals surface area contributed by atoms with E-state index in [0.717, 1.165) is 54.2 Å². The summed E-state index contributed by atoms with van der Waals surface area (Å²) in [7, 11) is 1.65. The van der Waals surface area contributed by atoms with Crippen LogP contribution in [0.4, 0.5) is 21.5 Å². The molecule has 1 aromatic heterocycles. The fourth-order valence-corrected chi connectivity index (χ4v) is 5.07. The number of halogens is 1. The van der Waals surface area contributed by atoms with Gasteiger partial charge < -0.3 is 24.4 Å². The minimum atomic E-state index is -0.234. The number of methoxy groups -OCH3 is 1. The van der Waals surface area contributed by atoms with Crippen LogP contribution in [0.5, 0.6) is 0 Å². The van der Waals surface area contributed by atoms with E-state index in [9.17, 15) is 9.18 Å². The predicted molar refractivity (Wildman–Crippen MR) is 134 cm³/mol. The van der Waals surface area contributed by atoms with Crippen molar-refractivity contribution in [3.63, 3.8) is 0 Å². The maximum absolute atomic E-state index is 13.6. The maximum Gasteiger partial charge on any atom is 0.196 e. The van der Waals surface area contributed by atoms with E-state index >= 15 is 0 Å². The molecule has 4 aromatic rings. The van der Waals surface area contributed by atoms with E-state index in [0.29, 0.717) is 35.6 Å². The Hall–Kier alpha value is -3.91. The third-order valence-electron chi connectivity index (χ3n) is 6.81. The summed E-state index contributed by atoms with van der Waals surface area (Å²) in [6.07, 6.45) is 0. The number of ketones is 1. The molecule has 6 rings (SSSR count). The van der Waals surface area contributed by atoms with Crippen LogP contribution in [0, 0.1) is 5.82 Å². The zero-order valence-electron chi connectivity index (χ0n) is 19.4. The Morgan fingerprint density at radius 1 is 1.03 bits per heavy atom. The van der Waals surface area contributed by atoms with Gasteiger partial charge in [-0.3, -0.25) is 4.79 Å². The number of piperazine rings is 1. The third kappa shape index (κ3) is 3.61. The molecule has 3 aromatic carbocycles. The fraction of sp³-hybridized carbons (Fsp3) is 0.259. The van der Waals surface area contributed by atoms with Crippen molar-refractivity contribution >= 4 is 33.7 Å². The van der Waals surface area contributed by atoms with Crippen molar-refractivity contribution in [2.75, 3.05) is 61.6 Å². The molecule has 0 bridgehead atoms. The van der Waals surface area contributed by atoms with Gasteiger partial charge in [-0.1, -0.05) is 29.4 Å². The molecule has 0 spiro atoms. The summed E-state index contributed by atoms with van der Waals surface area (Å²) in [5.74, 6) is 0.364. The van der Waals surface area contributed by atoms with Crippen LogP contribution >= 0.6 is 0 Å². The molecule has 0 saturated carbocycles. The number of hydrogen-bond acceptors (Lipinski definition) is 7. The summed E-state index contributed by atoms with van der Waals surface area (Å²) in [5, 5.41) is 8.60. The van der Waals surface area contributed by atoms with Gasteiger partial charge >= 0.3 is 0 Å². The predicted octanol–water partition coefficient (Wildman–Crippen LogP) is 4.56. The molecule has 1 fully saturated rings. The Balaban J connectivity index is 1.40. The molecule has 2 heterocycles. The lowest BCUT2D eigenvalue weighted by Crippen LogP contribution is -2.46. The minimum absolute atomic E-state index is 0.0334. The molecule has 178 valence electrons. The lowest BCUT2D eigenvalue weighted by molar-refractivity contribution is 0.104. The Morgan fingerprint density at radius 2 is 1.74 bits per heavy atom. The number of nitrogens with one attached hydrogen (secondary N) is 1. The van der Waals surface area contributed by atoms with Crippen molar-refractivity contribution in [1.29, 1.82) is 0 Å². The second kappa shape index (κ2) is 8.70. The van der Waals surface area contributed by atoms with E-state index in [1.807, 2.05) is 42.5 Å². The molecular formula is C27H25FN4O3. The molecule has 1 aliphatic heterocycles. The number of ether oxygens (including phenoxy) is 1. The summed E-state index contributed by atoms with van der Waals surface area (Å²) in [5.41, 5.74) is 5.39. The number of nitrogens with zero attached hydrogens (tertiary/aromatic N) is 3. The van der Waals surface area contributed by atoms with Gasteiger partial charge in [-0.2, -0.15) is 0 Å². The monoisotopic (exact) mass is 472 g/mol. The number of anilines is 3. The van der Waals surface area contributed by atoms with Gasteiger partial charge in [0.1, 0.15) is 11.3 Å². The van der Waals surface area contributed by atoms with Gasteiger partial charge in [0.05, 0.1) is 23.2 Å². The Labute approximate surface area is 202 Å². The maximum atomic E-state index is 13.6. The van der Waals surface area contributed by atoms with Crippen molar-refractivity contribution in [2.45, 2.75) is 0 Å². The van der Waals surface area contributed by atoms with Crippen LogP contribution in [0.25, 0.3) is 22.2 Å². The molecule has 1 N–H and O–H groups in total. The van der Waals surface area contributed by atoms with Crippen LogP contribution in [0.2, 0.25) is 0 Å². The lowest BCUT2D eigenvalue weighted by atomic mass is 9.86. The Bertz CT molecular complexity index is 1410. The molecule has 2 aliphatic rings. The topological polar surface area (TPSA) is 70.8 Å². The number of fused-ring (bicyclic) bond motifs is 2. The standard InChI is InChI=1S/C27H25FN4O3/c1-34-15-10-29-21-16-22(32-13-11-31(12-14-32)18-8-6-17(28)7-9-18)25-24-23(21)26(33)19-4-2-3-5-20(19)27(24)35-30-25/h2-9,16,29H,10-15H2,1H3. The van der Waals surface area contributed by atoms with Crippen molar-refractivity contribution in [3.05, 3.63) is 71.5 Å². The number of benzene rings is 3. The minimum Gasteiger partial charge on any atom is -0.383 e. The van der Waals surface area contributed by atoms with Gasteiger partial charge in [-0.25, -0.2) is 4.39 Å². The van der Waals surface area contributed by atoms with Crippen LogP contribution in [-0.2, 0) is 4.74 Å². The molecule has 0 unspecified atom stereocenters. The first-order valence-corrected chi connectivity index (χ1v) is 11.7. The van der Waals surface area contributed by atoms with E-state index < -0.39 is 0 Å². The molecule has 0 radical (unpaired) electrons. The number of carbonyl (C=O) groups is 1. The molecule has 8 heteroatoms. The van der Waals surface area contributed by atoms with Gasteiger partial charge in [-0.15, -0.1) is 0 Å². The van der Waals surface area contributed by atoms with Crippen LogP contribution in [0.3, 0.4) is 0 Å². The molecular weight excluding hydrogens is 447 g/mol. The average Bonchev–Trinajstić information content (AvgIpc) is 3.33. The zero-order valence-corrected chi connectivity index (χ0v) is 19.4. The van der Waals surface area contributed by atoms with Gasteiger partial charge in [0, 0.05) is 62.3 Å². The highest BCUT2D eigenvalue weighted by molar-refractivity contribution is 6.28. The van der Waals surface area contributed by atoms with Crippen LogP contribution in [0.1, 0.15) is 15.9 Å². The fourth-order valence-electron chi connectivity index (χ4n) is 5.07. The first kappa shape index (κ1) is 21.6. The smallest absolute Gasteiger partial charge is 0.196 e. The summed E-state index contributed by atoms with van der Waals surface area (Å²) in [6, 6.07) is 16.1. The van der Waals surface area contributed by atoms with E-state index in [4.69, 9.17) is 9.26 Å². The quantitative estimate of drug-likeness (QED) is 0.363. The second-order valence-corrected chi connectivity index (χ2v) is 8.80. The lowest BCUT2D eigenvalue weighted by Gasteiger charge is -2.37. The third-order valence-corrected chi connectivity index (χ3v) is 6.81. The molecule has 1 aliphatic carbocycles. The Morgan fingerprint density at radius 3 is 2.49 bits per heavy atom. The Kier molecular flexibility index (Phi) is 5.37. The largest absolute Gasteiger partial charge is 0.383 e. The molecule has 0 atom stereocenters. The van der Waals surface area contributed by atoms with Crippen molar-refractivity contribution in [3.8, 4) is 11.3 Å². The average molecular weight is 473 g/mol. The first-order valence-electron chi connectivity index (χ1n) is 11.7. The summed E-state index contributed by atoms with van der Waals surface area (Å²) >= 11 is 0. The normalized spacial score (nSPS) is 15.0. The van der Waals surface area contributed by atoms with Crippen LogP contribution in [0.15, 0.2) is 59.1 Å². The summed E-state index contributed by atoms with van der Waals surface area (Å²) < 4.78 is 24.4. The van der Waals surface area contributed by atoms with Crippen molar-refractivity contribution < 1.29 is 18.4 Å². The zero-order chi connectivity index (χ0) is 23.9. The van der Waals surface area contributed by atoms with E-state index in [-0.39, 0.29) is 11.6 Å². The van der Waals surface area contributed by atoms with E-state index in [2.05, 4.69) is 20.3 Å². The molecule has 0 amide bonds. The number of carbonyl (C=O) groups excluding carboxylic acids is 1. The molecule has 7 nitrogen and oxygen atoms in total. The van der Waals surface area contributed by atoms with E-state index in [1.54, 1.807) is 7.11 Å². The highest BCUT2D eigenvalue weighted by Crippen LogP contribution is 2.45. The van der Waals surface area contributed by atoms with Crippen LogP contribution < -0.4 is 15.1 Å². The number of aromatic nitrogens is 1. The first-order chi connectivity index (χ1) is 17.2. The molecule has 1 saturated heterocycles. The highest BCUT2D eigenvalue weighted by Gasteiger charge is 2.34. The molecule has 35 heavy (non-hydrogen) atoms. The highest BCUT2D eigenvalue weighted by atomic mass is 19.1. The van der Waals surface area contributed by atoms with E-state index in [1.165, 1.54) is 12.1 Å². The summed E-state index contributed by atoms with van der Waals surface area (Å²) in [6.45, 7) is 4.18. The van der Waals surface area contributed by atoms with Gasteiger partial charge in [-0.05, 0) is 30.3 Å². The van der Waals surface area contributed by atoms with Gasteiger partial charge in [0.25, 0.3) is 0 Å². The summed E-state index contributed by atoms with van der Waals surface area (Å²) in [4.78, 5) is 18.1.